The number of hydrogen-bond acceptors (Lipinski definition) is 2. The van der Waals surface area contributed by atoms with Gasteiger partial charge in [-0.2, -0.15) is 8.42 Å². The molecule has 3 heteroatoms. The van der Waals surface area contributed by atoms with E-state index in [2.05, 4.69) is 19.9 Å². The molecule has 0 saturated carbocycles. The van der Waals surface area contributed by atoms with Crippen molar-refractivity contribution in [2.24, 2.45) is 0 Å². The van der Waals surface area contributed by atoms with Crippen LogP contribution in [0.5, 0.6) is 0 Å². The van der Waals surface area contributed by atoms with Crippen molar-refractivity contribution in [3.8, 4) is 0 Å². The number of hydrogen-bond donors (Lipinski definition) is 0. The lowest BCUT2D eigenvalue weighted by molar-refractivity contribution is 0.627. The molecule has 0 spiro atoms. The summed E-state index contributed by atoms with van der Waals surface area (Å²) >= 11 is 0. The standard InChI is InChI=1S/C10H16O2S/c1-9(2)5-4-6-10(3)7-8-13(11)12/h5,7-8H,4,6H2,1-3H3. The van der Waals surface area contributed by atoms with Crippen molar-refractivity contribution in [3.63, 3.8) is 0 Å². The predicted octanol–water partition coefficient (Wildman–Crippen LogP) is 2.36. The fraction of sp³-hybridized carbons (Fsp3) is 0.500. The van der Waals surface area contributed by atoms with Crippen molar-refractivity contribution in [1.29, 1.82) is 0 Å². The van der Waals surface area contributed by atoms with Gasteiger partial charge in [-0.3, -0.25) is 0 Å². The van der Waals surface area contributed by atoms with E-state index in [9.17, 15) is 8.42 Å². The van der Waals surface area contributed by atoms with Crippen LogP contribution >= 0.6 is 0 Å². The van der Waals surface area contributed by atoms with Gasteiger partial charge in [0.15, 0.2) is 0 Å². The second-order valence-corrected chi connectivity index (χ2v) is 4.02. The lowest BCUT2D eigenvalue weighted by Gasteiger charge is -1.95. The molecule has 0 N–H and O–H groups in total. The maximum atomic E-state index is 10.2. The van der Waals surface area contributed by atoms with Gasteiger partial charge in [0.1, 0.15) is 0 Å². The maximum absolute atomic E-state index is 10.2. The summed E-state index contributed by atoms with van der Waals surface area (Å²) in [5.41, 5.74) is 2.38. The second kappa shape index (κ2) is 6.66. The van der Waals surface area contributed by atoms with Crippen molar-refractivity contribution < 1.29 is 8.42 Å². The molecule has 0 unspecified atom stereocenters. The lowest BCUT2D eigenvalue weighted by atomic mass is 10.1. The molecule has 0 amide bonds. The summed E-state index contributed by atoms with van der Waals surface area (Å²) in [6, 6.07) is 0. The minimum absolute atomic E-state index is 0.916. The van der Waals surface area contributed by atoms with E-state index in [1.165, 1.54) is 10.9 Å². The van der Waals surface area contributed by atoms with Crippen molar-refractivity contribution >= 4 is 15.7 Å². The van der Waals surface area contributed by atoms with Gasteiger partial charge in [-0.25, -0.2) is 0 Å². The topological polar surface area (TPSA) is 34.1 Å². The zero-order valence-corrected chi connectivity index (χ0v) is 9.19. The molecule has 74 valence electrons. The van der Waals surface area contributed by atoms with Gasteiger partial charge in [0.05, 0.1) is 5.37 Å². The summed E-state index contributed by atoms with van der Waals surface area (Å²) in [7, 11) is -2.07. The molecule has 0 saturated heterocycles. The summed E-state index contributed by atoms with van der Waals surface area (Å²) in [4.78, 5) is 0. The molecular formula is C10H16O2S. The van der Waals surface area contributed by atoms with E-state index in [0.717, 1.165) is 18.4 Å². The van der Waals surface area contributed by atoms with Crippen LogP contribution < -0.4 is 0 Å². The largest absolute Gasteiger partial charge is 0.214 e. The highest BCUT2D eigenvalue weighted by Crippen LogP contribution is 2.05. The minimum Gasteiger partial charge on any atom is -0.185 e. The Morgan fingerprint density at radius 2 is 1.85 bits per heavy atom. The van der Waals surface area contributed by atoms with E-state index in [-0.39, 0.29) is 0 Å². The monoisotopic (exact) mass is 200 g/mol. The molecule has 0 aliphatic heterocycles. The molecular weight excluding hydrogens is 184 g/mol. The molecule has 0 rings (SSSR count). The van der Waals surface area contributed by atoms with E-state index < -0.39 is 10.3 Å². The molecule has 0 aromatic carbocycles. The van der Waals surface area contributed by atoms with Gasteiger partial charge in [0, 0.05) is 0 Å². The Morgan fingerprint density at radius 1 is 1.23 bits per heavy atom. The van der Waals surface area contributed by atoms with E-state index in [1.807, 2.05) is 6.92 Å². The Hall–Kier alpha value is -0.830. The lowest BCUT2D eigenvalue weighted by Crippen LogP contribution is -1.78. The van der Waals surface area contributed by atoms with Crippen LogP contribution in [0.15, 0.2) is 23.3 Å². The van der Waals surface area contributed by atoms with E-state index in [0.29, 0.717) is 0 Å². The van der Waals surface area contributed by atoms with Gasteiger partial charge in [-0.1, -0.05) is 17.2 Å². The molecule has 0 atom stereocenters. The highest BCUT2D eigenvalue weighted by atomic mass is 32.2. The fourth-order valence-electron chi connectivity index (χ4n) is 0.844. The van der Waals surface area contributed by atoms with Gasteiger partial charge >= 0.3 is 0 Å². The van der Waals surface area contributed by atoms with Gasteiger partial charge < -0.3 is 0 Å². The highest BCUT2D eigenvalue weighted by Gasteiger charge is 1.86. The van der Waals surface area contributed by atoms with E-state index in [1.54, 1.807) is 6.08 Å². The third-order valence-electron chi connectivity index (χ3n) is 1.55. The molecule has 0 fully saturated rings. The summed E-state index contributed by atoms with van der Waals surface area (Å²) in [6.45, 7) is 6.04. The first-order chi connectivity index (χ1) is 6.02. The van der Waals surface area contributed by atoms with Crippen molar-refractivity contribution in [2.45, 2.75) is 33.6 Å². The van der Waals surface area contributed by atoms with Crippen LogP contribution in [-0.4, -0.2) is 13.8 Å². The Kier molecular flexibility index (Phi) is 6.24. The summed E-state index contributed by atoms with van der Waals surface area (Å²) < 4.78 is 20.3. The highest BCUT2D eigenvalue weighted by molar-refractivity contribution is 7.71. The van der Waals surface area contributed by atoms with Crippen LogP contribution in [-0.2, 0) is 10.3 Å². The fourth-order valence-corrected chi connectivity index (χ4v) is 1.19. The normalized spacial score (nSPS) is 10.8. The number of rotatable bonds is 4. The second-order valence-electron chi connectivity index (χ2n) is 3.23. The Morgan fingerprint density at radius 3 is 2.31 bits per heavy atom. The Labute approximate surface area is 81.5 Å². The first-order valence-corrected chi connectivity index (χ1v) is 5.38. The van der Waals surface area contributed by atoms with Crippen molar-refractivity contribution in [1.82, 2.24) is 0 Å². The van der Waals surface area contributed by atoms with Crippen LogP contribution in [0, 0.1) is 0 Å². The molecule has 0 bridgehead atoms. The first-order valence-electron chi connectivity index (χ1n) is 4.24. The first kappa shape index (κ1) is 12.2. The average molecular weight is 200 g/mol. The van der Waals surface area contributed by atoms with Gasteiger partial charge in [0.25, 0.3) is 0 Å². The van der Waals surface area contributed by atoms with Crippen LogP contribution in [0.25, 0.3) is 0 Å². The summed E-state index contributed by atoms with van der Waals surface area (Å²) in [6.07, 6.45) is 5.68. The zero-order chi connectivity index (χ0) is 10.3. The summed E-state index contributed by atoms with van der Waals surface area (Å²) in [5, 5.41) is 1.18. The summed E-state index contributed by atoms with van der Waals surface area (Å²) in [5.74, 6) is 0. The molecule has 0 radical (unpaired) electrons. The van der Waals surface area contributed by atoms with Crippen LogP contribution in [0.1, 0.15) is 33.6 Å². The Balaban J connectivity index is 4.02. The van der Waals surface area contributed by atoms with Gasteiger partial charge in [-0.05, 0) is 39.7 Å². The van der Waals surface area contributed by atoms with Crippen molar-refractivity contribution in [2.75, 3.05) is 0 Å². The molecule has 0 aliphatic rings. The third kappa shape index (κ3) is 9.08. The molecule has 13 heavy (non-hydrogen) atoms. The molecule has 0 heterocycles. The van der Waals surface area contributed by atoms with E-state index in [4.69, 9.17) is 0 Å². The maximum Gasteiger partial charge on any atom is 0.214 e. The minimum atomic E-state index is -2.07. The van der Waals surface area contributed by atoms with Gasteiger partial charge in [-0.15, -0.1) is 0 Å². The Bertz CT molecular complexity index is 320. The number of allylic oxidation sites excluding steroid dienone is 4. The SMILES string of the molecule is CC(C)=CCCC(C)=CC=S(=O)=O. The zero-order valence-electron chi connectivity index (χ0n) is 8.37. The molecule has 0 aromatic rings. The molecule has 0 aromatic heterocycles. The molecule has 0 aliphatic carbocycles. The quantitative estimate of drug-likeness (QED) is 0.396. The van der Waals surface area contributed by atoms with Gasteiger partial charge in [0.2, 0.25) is 10.3 Å². The predicted molar refractivity (Wildman–Crippen MR) is 57.4 cm³/mol. The molecule has 2 nitrogen and oxygen atoms in total. The van der Waals surface area contributed by atoms with Crippen LogP contribution in [0.3, 0.4) is 0 Å². The van der Waals surface area contributed by atoms with Crippen LogP contribution in [0.4, 0.5) is 0 Å². The van der Waals surface area contributed by atoms with Crippen molar-refractivity contribution in [3.05, 3.63) is 23.3 Å². The average Bonchev–Trinajstić information content (AvgIpc) is 2.00. The van der Waals surface area contributed by atoms with Crippen LogP contribution in [0.2, 0.25) is 0 Å². The smallest absolute Gasteiger partial charge is 0.185 e. The van der Waals surface area contributed by atoms with E-state index >= 15 is 0 Å². The third-order valence-corrected chi connectivity index (χ3v) is 1.91.